The first-order chi connectivity index (χ1) is 15.5. The van der Waals surface area contributed by atoms with Gasteiger partial charge in [0.2, 0.25) is 15.9 Å². The van der Waals surface area contributed by atoms with Crippen LogP contribution in [-0.4, -0.2) is 51.5 Å². The standard InChI is InChI=1S/C23H27FN2O5S2/c1-17-6-5-7-20(14-17)33(30,31)25-23(12-3-2-4-13-23)22(27)26-15-21(16-26)32(28,29)19-10-8-18(24)9-11-19/h5-11,14,21,25H,2-4,12-13,15-16H2,1H3. The monoisotopic (exact) mass is 494 g/mol. The van der Waals surface area contributed by atoms with Gasteiger partial charge in [-0.05, 0) is 61.7 Å². The SMILES string of the molecule is Cc1cccc(S(=O)(=O)NC2(C(=O)N3CC(S(=O)(=O)c4ccc(F)cc4)C3)CCCCC2)c1. The first-order valence-electron chi connectivity index (χ1n) is 10.9. The minimum Gasteiger partial charge on any atom is -0.338 e. The van der Waals surface area contributed by atoms with Crippen LogP contribution in [0.25, 0.3) is 0 Å². The highest BCUT2D eigenvalue weighted by Gasteiger charge is 2.50. The first kappa shape index (κ1) is 23.8. The topological polar surface area (TPSA) is 101 Å². The lowest BCUT2D eigenvalue weighted by atomic mass is 9.81. The Balaban J connectivity index is 1.53. The summed E-state index contributed by atoms with van der Waals surface area (Å²) in [5, 5.41) is -0.805. The molecule has 0 aromatic heterocycles. The fraction of sp³-hybridized carbons (Fsp3) is 0.435. The van der Waals surface area contributed by atoms with Gasteiger partial charge in [-0.15, -0.1) is 0 Å². The third kappa shape index (κ3) is 4.69. The smallest absolute Gasteiger partial charge is 0.243 e. The van der Waals surface area contributed by atoms with E-state index >= 15 is 0 Å². The van der Waals surface area contributed by atoms with Gasteiger partial charge in [-0.25, -0.2) is 21.2 Å². The lowest BCUT2D eigenvalue weighted by Crippen LogP contribution is -2.67. The van der Waals surface area contributed by atoms with Crippen molar-refractivity contribution in [3.8, 4) is 0 Å². The second-order valence-corrected chi connectivity index (χ2v) is 12.8. The number of likely N-dealkylation sites (tertiary alicyclic amines) is 1. The van der Waals surface area contributed by atoms with E-state index in [4.69, 9.17) is 0 Å². The maximum absolute atomic E-state index is 13.5. The van der Waals surface area contributed by atoms with Crippen LogP contribution in [0, 0.1) is 12.7 Å². The number of aryl methyl sites for hydroxylation is 1. The van der Waals surface area contributed by atoms with Crippen molar-refractivity contribution in [2.75, 3.05) is 13.1 Å². The van der Waals surface area contributed by atoms with E-state index in [1.807, 2.05) is 0 Å². The van der Waals surface area contributed by atoms with E-state index in [1.54, 1.807) is 25.1 Å². The molecule has 1 aliphatic carbocycles. The number of nitrogens with zero attached hydrogens (tertiary/aromatic N) is 1. The second-order valence-electron chi connectivity index (χ2n) is 8.90. The molecule has 2 aromatic rings. The zero-order valence-electron chi connectivity index (χ0n) is 18.3. The summed E-state index contributed by atoms with van der Waals surface area (Å²) in [6.07, 6.45) is 3.04. The van der Waals surface area contributed by atoms with Crippen molar-refractivity contribution in [1.82, 2.24) is 9.62 Å². The van der Waals surface area contributed by atoms with Crippen LogP contribution in [0.5, 0.6) is 0 Å². The van der Waals surface area contributed by atoms with Crippen molar-refractivity contribution in [2.24, 2.45) is 0 Å². The van der Waals surface area contributed by atoms with Crippen molar-refractivity contribution in [2.45, 2.75) is 59.6 Å². The van der Waals surface area contributed by atoms with Gasteiger partial charge in [-0.3, -0.25) is 4.79 Å². The number of halogens is 1. The summed E-state index contributed by atoms with van der Waals surface area (Å²) in [6, 6.07) is 11.1. The highest BCUT2D eigenvalue weighted by molar-refractivity contribution is 7.92. The van der Waals surface area contributed by atoms with Crippen LogP contribution in [0.3, 0.4) is 0 Å². The van der Waals surface area contributed by atoms with Crippen molar-refractivity contribution >= 4 is 25.8 Å². The molecule has 10 heteroatoms. The predicted octanol–water partition coefficient (Wildman–Crippen LogP) is 2.80. The molecule has 178 valence electrons. The Morgan fingerprint density at radius 3 is 2.21 bits per heavy atom. The number of nitrogens with one attached hydrogen (secondary N) is 1. The molecule has 0 unspecified atom stereocenters. The van der Waals surface area contributed by atoms with Crippen molar-refractivity contribution in [3.63, 3.8) is 0 Å². The van der Waals surface area contributed by atoms with Gasteiger partial charge in [0.05, 0.1) is 9.79 Å². The third-order valence-corrected chi connectivity index (χ3v) is 10.1. The molecule has 0 spiro atoms. The molecule has 0 atom stereocenters. The molecule has 1 N–H and O–H groups in total. The van der Waals surface area contributed by atoms with Crippen LogP contribution in [0.4, 0.5) is 4.39 Å². The number of carbonyl (C=O) groups is 1. The number of hydrogen-bond donors (Lipinski definition) is 1. The summed E-state index contributed by atoms with van der Waals surface area (Å²) in [7, 11) is -7.66. The van der Waals surface area contributed by atoms with E-state index < -0.39 is 36.5 Å². The van der Waals surface area contributed by atoms with Crippen LogP contribution in [0.1, 0.15) is 37.7 Å². The third-order valence-electron chi connectivity index (χ3n) is 6.46. The number of rotatable bonds is 6. The lowest BCUT2D eigenvalue weighted by molar-refractivity contribution is -0.142. The minimum absolute atomic E-state index is 0.00790. The Kier molecular flexibility index (Phi) is 6.36. The summed E-state index contributed by atoms with van der Waals surface area (Å²) >= 11 is 0. The molecule has 0 radical (unpaired) electrons. The molecule has 1 amide bonds. The normalized spacial score (nSPS) is 19.2. The summed E-state index contributed by atoms with van der Waals surface area (Å²) in [5.41, 5.74) is -0.496. The van der Waals surface area contributed by atoms with Gasteiger partial charge < -0.3 is 4.90 Å². The maximum atomic E-state index is 13.5. The molecule has 1 saturated carbocycles. The van der Waals surface area contributed by atoms with Crippen LogP contribution >= 0.6 is 0 Å². The second kappa shape index (κ2) is 8.81. The Morgan fingerprint density at radius 2 is 1.61 bits per heavy atom. The molecule has 1 heterocycles. The number of amides is 1. The van der Waals surface area contributed by atoms with E-state index in [2.05, 4.69) is 4.72 Å². The highest BCUT2D eigenvalue weighted by atomic mass is 32.2. The quantitative estimate of drug-likeness (QED) is 0.623. The van der Waals surface area contributed by atoms with Gasteiger partial charge in [0.15, 0.2) is 9.84 Å². The Hall–Kier alpha value is -2.30. The fourth-order valence-electron chi connectivity index (χ4n) is 4.53. The predicted molar refractivity (Wildman–Crippen MR) is 121 cm³/mol. The zero-order valence-corrected chi connectivity index (χ0v) is 20.0. The molecular weight excluding hydrogens is 467 g/mol. The van der Waals surface area contributed by atoms with Gasteiger partial charge in [-0.2, -0.15) is 4.72 Å². The summed E-state index contributed by atoms with van der Waals surface area (Å²) in [5.74, 6) is -0.913. The molecule has 4 rings (SSSR count). The molecule has 2 aromatic carbocycles. The maximum Gasteiger partial charge on any atom is 0.243 e. The highest BCUT2D eigenvalue weighted by Crippen LogP contribution is 2.34. The van der Waals surface area contributed by atoms with Crippen LogP contribution in [0.2, 0.25) is 0 Å². The van der Waals surface area contributed by atoms with E-state index in [-0.39, 0.29) is 28.8 Å². The molecule has 1 aliphatic heterocycles. The lowest BCUT2D eigenvalue weighted by Gasteiger charge is -2.46. The van der Waals surface area contributed by atoms with Crippen LogP contribution in [0.15, 0.2) is 58.3 Å². The summed E-state index contributed by atoms with van der Waals surface area (Å²) in [4.78, 5) is 15.0. The average molecular weight is 495 g/mol. The largest absolute Gasteiger partial charge is 0.338 e. The van der Waals surface area contributed by atoms with E-state index in [0.29, 0.717) is 25.7 Å². The van der Waals surface area contributed by atoms with E-state index in [0.717, 1.165) is 24.1 Å². The van der Waals surface area contributed by atoms with Gasteiger partial charge in [-0.1, -0.05) is 31.4 Å². The number of sulfonamides is 1. The molecule has 1 saturated heterocycles. The fourth-order valence-corrected chi connectivity index (χ4v) is 7.71. The number of carbonyl (C=O) groups excluding carboxylic acids is 1. The van der Waals surface area contributed by atoms with Gasteiger partial charge in [0, 0.05) is 13.1 Å². The zero-order chi connectivity index (χ0) is 23.9. The van der Waals surface area contributed by atoms with Crippen LogP contribution in [-0.2, 0) is 24.7 Å². The summed E-state index contributed by atoms with van der Waals surface area (Å²) in [6.45, 7) is 1.75. The van der Waals surface area contributed by atoms with E-state index in [1.165, 1.54) is 23.1 Å². The Bertz CT molecular complexity index is 1250. The van der Waals surface area contributed by atoms with E-state index in [9.17, 15) is 26.0 Å². The molecule has 7 nitrogen and oxygen atoms in total. The van der Waals surface area contributed by atoms with Crippen molar-refractivity contribution in [3.05, 3.63) is 59.9 Å². The molecule has 33 heavy (non-hydrogen) atoms. The number of benzene rings is 2. The number of hydrogen-bond acceptors (Lipinski definition) is 5. The number of sulfone groups is 1. The molecule has 2 aliphatic rings. The van der Waals surface area contributed by atoms with Crippen molar-refractivity contribution < 1.29 is 26.0 Å². The molecular formula is C23H27FN2O5S2. The molecule has 0 bridgehead atoms. The molecule has 2 fully saturated rings. The summed E-state index contributed by atoms with van der Waals surface area (Å²) < 4.78 is 67.7. The average Bonchev–Trinajstić information content (AvgIpc) is 2.73. The van der Waals surface area contributed by atoms with Gasteiger partial charge >= 0.3 is 0 Å². The van der Waals surface area contributed by atoms with Gasteiger partial charge in [0.1, 0.15) is 16.6 Å². The Morgan fingerprint density at radius 1 is 0.970 bits per heavy atom. The van der Waals surface area contributed by atoms with Crippen LogP contribution < -0.4 is 4.72 Å². The first-order valence-corrected chi connectivity index (χ1v) is 14.0. The Labute approximate surface area is 194 Å². The van der Waals surface area contributed by atoms with Gasteiger partial charge in [0.25, 0.3) is 0 Å². The van der Waals surface area contributed by atoms with Crippen molar-refractivity contribution in [1.29, 1.82) is 0 Å². The minimum atomic E-state index is -3.94.